The van der Waals surface area contributed by atoms with Crippen LogP contribution < -0.4 is 10.1 Å². The van der Waals surface area contributed by atoms with E-state index in [1.54, 1.807) is 6.20 Å². The van der Waals surface area contributed by atoms with Gasteiger partial charge in [0.15, 0.2) is 0 Å². The molecule has 1 spiro atoms. The summed E-state index contributed by atoms with van der Waals surface area (Å²) < 4.78 is 40.3. The molecule has 1 aromatic carbocycles. The normalized spacial score (nSPS) is 18.6. The fourth-order valence-electron chi connectivity index (χ4n) is 3.25. The maximum Gasteiger partial charge on any atom is 0.573 e. The van der Waals surface area contributed by atoms with Crippen LogP contribution in [-0.2, 0) is 9.68 Å². The van der Waals surface area contributed by atoms with E-state index < -0.39 is 18.1 Å². The van der Waals surface area contributed by atoms with E-state index >= 15 is 0 Å². The first kappa shape index (κ1) is 20.4. The summed E-state index contributed by atoms with van der Waals surface area (Å²) >= 11 is 1.51. The van der Waals surface area contributed by atoms with E-state index in [1.807, 2.05) is 5.38 Å². The van der Waals surface area contributed by atoms with E-state index in [4.69, 9.17) is 9.68 Å². The Hall–Kier alpha value is -2.86. The van der Waals surface area contributed by atoms with Gasteiger partial charge in [-0.15, -0.1) is 29.6 Å². The first-order valence-corrected chi connectivity index (χ1v) is 9.93. The average molecular weight is 442 g/mol. The molecule has 1 amide bonds. The zero-order valence-corrected chi connectivity index (χ0v) is 16.3. The number of hydrogen-bond acceptors (Lipinski definition) is 8. The van der Waals surface area contributed by atoms with Crippen LogP contribution in [0, 0.1) is 0 Å². The number of halogens is 3. The van der Waals surface area contributed by atoms with Gasteiger partial charge < -0.3 is 14.4 Å². The largest absolute Gasteiger partial charge is 0.573 e. The number of amides is 1. The Morgan fingerprint density at radius 1 is 1.23 bits per heavy atom. The van der Waals surface area contributed by atoms with Crippen molar-refractivity contribution < 1.29 is 32.4 Å². The molecule has 3 heterocycles. The van der Waals surface area contributed by atoms with Crippen molar-refractivity contribution in [2.45, 2.75) is 31.2 Å². The van der Waals surface area contributed by atoms with Crippen LogP contribution in [-0.4, -0.2) is 46.9 Å². The van der Waals surface area contributed by atoms with Gasteiger partial charge in [0.2, 0.25) is 0 Å². The minimum absolute atomic E-state index is 0.281. The molecule has 12 heteroatoms. The van der Waals surface area contributed by atoms with Crippen LogP contribution in [0.3, 0.4) is 0 Å². The Morgan fingerprint density at radius 2 is 1.97 bits per heavy atom. The SMILES string of the molecule is O=C(Nc1ccc(OC(F)(F)F)cc1)ON1CCC2(CC1)CC(c1nccs1)=NO2. The van der Waals surface area contributed by atoms with Gasteiger partial charge in [0.1, 0.15) is 22.1 Å². The number of nitrogens with zero attached hydrogens (tertiary/aromatic N) is 3. The van der Waals surface area contributed by atoms with Crippen LogP contribution in [0.5, 0.6) is 5.75 Å². The summed E-state index contributed by atoms with van der Waals surface area (Å²) in [5.74, 6) is -0.376. The number of nitrogens with one attached hydrogen (secondary N) is 1. The molecule has 30 heavy (non-hydrogen) atoms. The van der Waals surface area contributed by atoms with Gasteiger partial charge >= 0.3 is 12.5 Å². The maximum absolute atomic E-state index is 12.2. The van der Waals surface area contributed by atoms with Gasteiger partial charge in [-0.2, -0.15) is 0 Å². The van der Waals surface area contributed by atoms with Gasteiger partial charge in [0.05, 0.1) is 0 Å². The molecule has 0 radical (unpaired) electrons. The zero-order chi connectivity index (χ0) is 21.2. The molecule has 2 aromatic rings. The molecular weight excluding hydrogens is 425 g/mol. The second-order valence-corrected chi connectivity index (χ2v) is 7.73. The molecule has 0 aliphatic carbocycles. The lowest BCUT2D eigenvalue weighted by molar-refractivity contribution is -0.274. The van der Waals surface area contributed by atoms with E-state index in [0.29, 0.717) is 32.4 Å². The Morgan fingerprint density at radius 3 is 2.60 bits per heavy atom. The Bertz CT molecular complexity index is 911. The van der Waals surface area contributed by atoms with E-state index in [1.165, 1.54) is 28.5 Å². The maximum atomic E-state index is 12.2. The highest BCUT2D eigenvalue weighted by Crippen LogP contribution is 2.36. The van der Waals surface area contributed by atoms with Crippen LogP contribution in [0.4, 0.5) is 23.7 Å². The third-order valence-corrected chi connectivity index (χ3v) is 5.52. The Balaban J connectivity index is 1.23. The van der Waals surface area contributed by atoms with Crippen molar-refractivity contribution in [2.75, 3.05) is 18.4 Å². The molecule has 1 aromatic heterocycles. The molecule has 0 bridgehead atoms. The van der Waals surface area contributed by atoms with E-state index in [-0.39, 0.29) is 11.4 Å². The van der Waals surface area contributed by atoms with Gasteiger partial charge in [0, 0.05) is 49.6 Å². The summed E-state index contributed by atoms with van der Waals surface area (Å²) in [6, 6.07) is 4.78. The monoisotopic (exact) mass is 442 g/mol. The number of rotatable bonds is 4. The zero-order valence-electron chi connectivity index (χ0n) is 15.5. The Labute approximate surface area is 173 Å². The minimum atomic E-state index is -4.77. The van der Waals surface area contributed by atoms with Crippen LogP contribution in [0.1, 0.15) is 24.3 Å². The number of ether oxygens (including phenoxy) is 1. The summed E-state index contributed by atoms with van der Waals surface area (Å²) in [4.78, 5) is 27.3. The molecule has 1 N–H and O–H groups in total. The van der Waals surface area contributed by atoms with Gasteiger partial charge in [0.25, 0.3) is 0 Å². The fraction of sp³-hybridized carbons (Fsp3) is 0.389. The summed E-state index contributed by atoms with van der Waals surface area (Å²) in [5, 5.41) is 10.9. The van der Waals surface area contributed by atoms with E-state index in [9.17, 15) is 18.0 Å². The molecule has 160 valence electrons. The van der Waals surface area contributed by atoms with Gasteiger partial charge in [-0.3, -0.25) is 5.32 Å². The summed E-state index contributed by atoms with van der Waals surface area (Å²) in [6.45, 7) is 0.929. The number of carbonyl (C=O) groups is 1. The van der Waals surface area contributed by atoms with Crippen molar-refractivity contribution >= 4 is 28.8 Å². The second kappa shape index (κ2) is 8.11. The van der Waals surface area contributed by atoms with Crippen molar-refractivity contribution in [3.63, 3.8) is 0 Å². The van der Waals surface area contributed by atoms with Crippen LogP contribution in [0.25, 0.3) is 0 Å². The summed E-state index contributed by atoms with van der Waals surface area (Å²) in [5.41, 5.74) is 0.699. The molecule has 2 aliphatic rings. The first-order chi connectivity index (χ1) is 14.3. The van der Waals surface area contributed by atoms with Crippen LogP contribution in [0.2, 0.25) is 0 Å². The van der Waals surface area contributed by atoms with Gasteiger partial charge in [-0.05, 0) is 24.3 Å². The second-order valence-electron chi connectivity index (χ2n) is 6.83. The number of carbonyl (C=O) groups excluding carboxylic acids is 1. The number of anilines is 1. The topological polar surface area (TPSA) is 85.3 Å². The van der Waals surface area contributed by atoms with E-state index in [0.717, 1.165) is 22.9 Å². The lowest BCUT2D eigenvalue weighted by Crippen LogP contribution is -2.45. The summed E-state index contributed by atoms with van der Waals surface area (Å²) in [6.07, 6.45) is -1.87. The number of alkyl halides is 3. The molecule has 1 fully saturated rings. The highest BCUT2D eigenvalue weighted by molar-refractivity contribution is 7.11. The van der Waals surface area contributed by atoms with E-state index in [2.05, 4.69) is 20.2 Å². The molecule has 2 aliphatic heterocycles. The van der Waals surface area contributed by atoms with Gasteiger partial charge in [-0.1, -0.05) is 5.16 Å². The number of piperidine rings is 1. The van der Waals surface area contributed by atoms with Gasteiger partial charge in [-0.25, -0.2) is 9.78 Å². The predicted molar refractivity (Wildman–Crippen MR) is 101 cm³/mol. The highest BCUT2D eigenvalue weighted by atomic mass is 32.1. The van der Waals surface area contributed by atoms with Crippen molar-refractivity contribution in [2.24, 2.45) is 5.16 Å². The average Bonchev–Trinajstić information content (AvgIpc) is 3.35. The quantitative estimate of drug-likeness (QED) is 0.765. The van der Waals surface area contributed by atoms with Crippen LogP contribution in [0.15, 0.2) is 41.0 Å². The molecule has 0 atom stereocenters. The molecule has 0 saturated carbocycles. The minimum Gasteiger partial charge on any atom is -0.406 e. The van der Waals surface area contributed by atoms with Crippen molar-refractivity contribution in [1.29, 1.82) is 0 Å². The number of hydroxylamine groups is 2. The standard InChI is InChI=1S/C18H17F3N4O4S/c19-18(20,21)27-13-3-1-12(2-4-13)23-16(26)28-25-8-5-17(6-9-25)11-14(24-29-17)15-22-7-10-30-15/h1-4,7,10H,5-6,8-9,11H2,(H,23,26). The summed E-state index contributed by atoms with van der Waals surface area (Å²) in [7, 11) is 0. The fourth-order valence-corrected chi connectivity index (χ4v) is 3.87. The smallest absolute Gasteiger partial charge is 0.406 e. The molecule has 8 nitrogen and oxygen atoms in total. The number of oxime groups is 1. The molecule has 1 saturated heterocycles. The molecule has 0 unspecified atom stereocenters. The predicted octanol–water partition coefficient (Wildman–Crippen LogP) is 4.16. The lowest BCUT2D eigenvalue weighted by Gasteiger charge is -2.35. The van der Waals surface area contributed by atoms with Crippen molar-refractivity contribution in [1.82, 2.24) is 10.0 Å². The number of benzene rings is 1. The number of thiazole rings is 1. The number of hydrogen-bond donors (Lipinski definition) is 1. The number of aromatic nitrogens is 1. The molecule has 4 rings (SSSR count). The van der Waals surface area contributed by atoms with Crippen molar-refractivity contribution in [3.05, 3.63) is 40.8 Å². The molecular formula is C18H17F3N4O4S. The Kier molecular flexibility index (Phi) is 5.52. The third kappa shape index (κ3) is 5.00. The first-order valence-electron chi connectivity index (χ1n) is 9.05. The third-order valence-electron chi connectivity index (χ3n) is 4.70. The van der Waals surface area contributed by atoms with Crippen LogP contribution >= 0.6 is 11.3 Å². The van der Waals surface area contributed by atoms with Crippen molar-refractivity contribution in [3.8, 4) is 5.75 Å². The highest BCUT2D eigenvalue weighted by Gasteiger charge is 2.43. The lowest BCUT2D eigenvalue weighted by atomic mass is 9.87.